The quantitative estimate of drug-likeness (QED) is 0.413. The Kier molecular flexibility index (Phi) is 7.29. The first-order chi connectivity index (χ1) is 12.5. The molecule has 0 atom stereocenters. The molecule has 0 unspecified atom stereocenters. The zero-order valence-electron chi connectivity index (χ0n) is 14.2. The maximum absolute atomic E-state index is 12.0. The number of ketones is 1. The number of allylic oxidation sites excluding steroid dienone is 1. The number of rotatable bonds is 7. The van der Waals surface area contributed by atoms with Crippen LogP contribution < -0.4 is 5.32 Å². The first-order valence-electron chi connectivity index (χ1n) is 8.05. The van der Waals surface area contributed by atoms with Crippen molar-refractivity contribution in [1.29, 1.82) is 0 Å². The van der Waals surface area contributed by atoms with E-state index >= 15 is 0 Å². The molecule has 0 spiro atoms. The molecular weight excluding hydrogens is 398 g/mol. The van der Waals surface area contributed by atoms with Crippen LogP contribution in [0.25, 0.3) is 0 Å². The van der Waals surface area contributed by atoms with E-state index in [1.807, 2.05) is 6.92 Å². The van der Waals surface area contributed by atoms with Crippen LogP contribution in [0.15, 0.2) is 65.2 Å². The highest BCUT2D eigenvalue weighted by Crippen LogP contribution is 2.12. The van der Waals surface area contributed by atoms with Gasteiger partial charge in [0.15, 0.2) is 5.78 Å². The van der Waals surface area contributed by atoms with Gasteiger partial charge in [-0.1, -0.05) is 22.9 Å². The van der Waals surface area contributed by atoms with Crippen molar-refractivity contribution in [3.05, 3.63) is 76.3 Å². The molecular formula is C20H18BrNO4. The van der Waals surface area contributed by atoms with Gasteiger partial charge in [-0.15, -0.1) is 0 Å². The van der Waals surface area contributed by atoms with Gasteiger partial charge in [-0.2, -0.15) is 0 Å². The molecule has 2 rings (SSSR count). The van der Waals surface area contributed by atoms with Crippen LogP contribution in [0.3, 0.4) is 0 Å². The van der Waals surface area contributed by atoms with Crippen molar-refractivity contribution < 1.29 is 19.1 Å². The number of hydrogen-bond acceptors (Lipinski definition) is 4. The van der Waals surface area contributed by atoms with Crippen LogP contribution in [0.2, 0.25) is 0 Å². The van der Waals surface area contributed by atoms with Crippen LogP contribution in [0, 0.1) is 0 Å². The number of hydrogen-bond donors (Lipinski definition) is 1. The minimum atomic E-state index is -0.434. The SMILES string of the molecule is CCCOC(=O)c1ccc(NC(=O)/C=C/C(=O)c2ccc(Br)cc2)cc1. The highest BCUT2D eigenvalue weighted by Gasteiger charge is 2.07. The lowest BCUT2D eigenvalue weighted by Crippen LogP contribution is -2.10. The third-order valence-corrected chi connectivity index (χ3v) is 3.87. The van der Waals surface area contributed by atoms with Crippen molar-refractivity contribution in [3.8, 4) is 0 Å². The van der Waals surface area contributed by atoms with E-state index in [4.69, 9.17) is 4.74 Å². The highest BCUT2D eigenvalue weighted by atomic mass is 79.9. The van der Waals surface area contributed by atoms with Crippen molar-refractivity contribution in [2.75, 3.05) is 11.9 Å². The van der Waals surface area contributed by atoms with E-state index in [1.165, 1.54) is 12.2 Å². The summed E-state index contributed by atoms with van der Waals surface area (Å²) in [6, 6.07) is 13.2. The molecule has 134 valence electrons. The second kappa shape index (κ2) is 9.68. The molecule has 0 aliphatic carbocycles. The number of amides is 1. The Bertz CT molecular complexity index is 811. The Hall–Kier alpha value is -2.73. The lowest BCUT2D eigenvalue weighted by atomic mass is 10.1. The minimum Gasteiger partial charge on any atom is -0.462 e. The van der Waals surface area contributed by atoms with Crippen LogP contribution in [0.4, 0.5) is 5.69 Å². The van der Waals surface area contributed by atoms with Gasteiger partial charge in [0.05, 0.1) is 12.2 Å². The number of ether oxygens (including phenoxy) is 1. The van der Waals surface area contributed by atoms with E-state index < -0.39 is 11.9 Å². The summed E-state index contributed by atoms with van der Waals surface area (Å²) >= 11 is 3.30. The number of nitrogens with one attached hydrogen (secondary N) is 1. The maximum Gasteiger partial charge on any atom is 0.338 e. The van der Waals surface area contributed by atoms with Gasteiger partial charge < -0.3 is 10.1 Å². The minimum absolute atomic E-state index is 0.262. The molecule has 0 fully saturated rings. The van der Waals surface area contributed by atoms with Crippen LogP contribution in [-0.4, -0.2) is 24.3 Å². The van der Waals surface area contributed by atoms with E-state index in [9.17, 15) is 14.4 Å². The van der Waals surface area contributed by atoms with Gasteiger partial charge in [0.2, 0.25) is 5.91 Å². The van der Waals surface area contributed by atoms with Gasteiger partial charge in [0, 0.05) is 21.8 Å². The van der Waals surface area contributed by atoms with Crippen LogP contribution in [0.5, 0.6) is 0 Å². The van der Waals surface area contributed by atoms with E-state index in [2.05, 4.69) is 21.2 Å². The second-order valence-electron chi connectivity index (χ2n) is 5.41. The van der Waals surface area contributed by atoms with Crippen LogP contribution in [0.1, 0.15) is 34.1 Å². The molecule has 0 aromatic heterocycles. The predicted octanol–water partition coefficient (Wildman–Crippen LogP) is 4.39. The molecule has 2 aromatic carbocycles. The number of esters is 1. The smallest absolute Gasteiger partial charge is 0.338 e. The van der Waals surface area contributed by atoms with Gasteiger partial charge >= 0.3 is 5.97 Å². The van der Waals surface area contributed by atoms with Crippen LogP contribution >= 0.6 is 15.9 Å². The van der Waals surface area contributed by atoms with Crippen molar-refractivity contribution in [3.63, 3.8) is 0 Å². The average Bonchev–Trinajstić information content (AvgIpc) is 2.65. The fraction of sp³-hybridized carbons (Fsp3) is 0.150. The molecule has 0 aliphatic rings. The Morgan fingerprint density at radius 3 is 2.19 bits per heavy atom. The Morgan fingerprint density at radius 1 is 0.962 bits per heavy atom. The van der Waals surface area contributed by atoms with E-state index in [1.54, 1.807) is 48.5 Å². The average molecular weight is 416 g/mol. The Labute approximate surface area is 160 Å². The molecule has 1 amide bonds. The summed E-state index contributed by atoms with van der Waals surface area (Å²) in [6.45, 7) is 2.29. The van der Waals surface area contributed by atoms with Gasteiger partial charge in [-0.3, -0.25) is 9.59 Å². The Morgan fingerprint density at radius 2 is 1.58 bits per heavy atom. The monoisotopic (exact) mass is 415 g/mol. The zero-order valence-corrected chi connectivity index (χ0v) is 15.8. The molecule has 0 heterocycles. The largest absolute Gasteiger partial charge is 0.462 e. The van der Waals surface area contributed by atoms with Crippen LogP contribution in [-0.2, 0) is 9.53 Å². The lowest BCUT2D eigenvalue weighted by molar-refractivity contribution is -0.111. The summed E-state index contributed by atoms with van der Waals surface area (Å²) < 4.78 is 5.91. The van der Waals surface area contributed by atoms with Gasteiger partial charge in [0.1, 0.15) is 0 Å². The fourth-order valence-electron chi connectivity index (χ4n) is 2.01. The van der Waals surface area contributed by atoms with Crippen molar-refractivity contribution in [1.82, 2.24) is 0 Å². The predicted molar refractivity (Wildman–Crippen MR) is 103 cm³/mol. The van der Waals surface area contributed by atoms with Gasteiger partial charge in [-0.05, 0) is 61.0 Å². The first-order valence-corrected chi connectivity index (χ1v) is 8.85. The fourth-order valence-corrected chi connectivity index (χ4v) is 2.28. The molecule has 6 heteroatoms. The molecule has 2 aromatic rings. The molecule has 0 bridgehead atoms. The maximum atomic E-state index is 12.0. The standard InChI is InChI=1S/C20H18BrNO4/c1-2-13-26-20(25)15-5-9-17(10-6-15)22-19(24)12-11-18(23)14-3-7-16(21)8-4-14/h3-12H,2,13H2,1H3,(H,22,24)/b12-11+. The highest BCUT2D eigenvalue weighted by molar-refractivity contribution is 9.10. The first kappa shape index (κ1) is 19.6. The molecule has 0 saturated heterocycles. The third-order valence-electron chi connectivity index (χ3n) is 3.34. The summed E-state index contributed by atoms with van der Waals surface area (Å²) in [6.07, 6.45) is 3.15. The third kappa shape index (κ3) is 5.97. The van der Waals surface area contributed by atoms with Crippen molar-refractivity contribution in [2.24, 2.45) is 0 Å². The molecule has 26 heavy (non-hydrogen) atoms. The molecule has 0 radical (unpaired) electrons. The topological polar surface area (TPSA) is 72.5 Å². The lowest BCUT2D eigenvalue weighted by Gasteiger charge is -2.05. The van der Waals surface area contributed by atoms with Crippen molar-refractivity contribution in [2.45, 2.75) is 13.3 Å². The van der Waals surface area contributed by atoms with Gasteiger partial charge in [-0.25, -0.2) is 4.79 Å². The summed E-state index contributed by atoms with van der Waals surface area (Å²) in [5.74, 6) is -1.09. The normalized spacial score (nSPS) is 10.5. The summed E-state index contributed by atoms with van der Waals surface area (Å²) in [4.78, 5) is 35.6. The molecule has 0 saturated carbocycles. The van der Waals surface area contributed by atoms with Crippen molar-refractivity contribution >= 4 is 39.3 Å². The number of halogens is 1. The second-order valence-corrected chi connectivity index (χ2v) is 6.32. The number of benzene rings is 2. The number of anilines is 1. The zero-order chi connectivity index (χ0) is 18.9. The molecule has 0 aliphatic heterocycles. The van der Waals surface area contributed by atoms with E-state index in [0.29, 0.717) is 23.4 Å². The van der Waals surface area contributed by atoms with E-state index in [-0.39, 0.29) is 5.78 Å². The Balaban J connectivity index is 1.91. The molecule has 5 nitrogen and oxygen atoms in total. The molecule has 1 N–H and O–H groups in total. The summed E-state index contributed by atoms with van der Waals surface area (Å²) in [5.41, 5.74) is 1.42. The number of carbonyl (C=O) groups excluding carboxylic acids is 3. The number of carbonyl (C=O) groups is 3. The summed E-state index contributed by atoms with van der Waals surface area (Å²) in [7, 11) is 0. The summed E-state index contributed by atoms with van der Waals surface area (Å²) in [5, 5.41) is 2.63. The van der Waals surface area contributed by atoms with Gasteiger partial charge in [0.25, 0.3) is 0 Å². The van der Waals surface area contributed by atoms with E-state index in [0.717, 1.165) is 10.9 Å².